The summed E-state index contributed by atoms with van der Waals surface area (Å²) in [5.41, 5.74) is 1.79. The standard InChI is InChI=1S/C20H23N3O3S2/c1-2-26-18(24)14-21-20(27)23-11-9-22(10-12-23)16-7-5-15(6-8-16)19(25)17-4-3-13-28-17/h3-8,13H,2,9-12,14H2,1H3,(H,21,27). The zero-order valence-electron chi connectivity index (χ0n) is 15.7. The Morgan fingerprint density at radius 1 is 1.14 bits per heavy atom. The number of anilines is 1. The van der Waals surface area contributed by atoms with Crippen LogP contribution < -0.4 is 10.2 Å². The molecule has 2 heterocycles. The number of carbonyl (C=O) groups is 2. The number of esters is 1. The molecular weight excluding hydrogens is 394 g/mol. The first-order chi connectivity index (χ1) is 13.6. The van der Waals surface area contributed by atoms with Gasteiger partial charge in [0.15, 0.2) is 5.11 Å². The lowest BCUT2D eigenvalue weighted by atomic mass is 10.1. The first-order valence-corrected chi connectivity index (χ1v) is 10.5. The van der Waals surface area contributed by atoms with Crippen LogP contribution in [0.2, 0.25) is 0 Å². The molecule has 3 rings (SSSR count). The third-order valence-corrected chi connectivity index (χ3v) is 5.77. The Hall–Kier alpha value is -2.45. The molecule has 0 saturated carbocycles. The van der Waals surface area contributed by atoms with Crippen molar-refractivity contribution in [2.24, 2.45) is 0 Å². The second kappa shape index (κ2) is 9.66. The minimum Gasteiger partial charge on any atom is -0.465 e. The summed E-state index contributed by atoms with van der Waals surface area (Å²) in [6.45, 7) is 5.41. The van der Waals surface area contributed by atoms with Gasteiger partial charge in [-0.05, 0) is 54.9 Å². The molecule has 1 fully saturated rings. The van der Waals surface area contributed by atoms with Crippen molar-refractivity contribution in [2.45, 2.75) is 6.92 Å². The van der Waals surface area contributed by atoms with Crippen LogP contribution in [0, 0.1) is 0 Å². The Balaban J connectivity index is 1.50. The highest BCUT2D eigenvalue weighted by Gasteiger charge is 2.20. The van der Waals surface area contributed by atoms with Gasteiger partial charge in [0.1, 0.15) is 6.54 Å². The highest BCUT2D eigenvalue weighted by Crippen LogP contribution is 2.20. The topological polar surface area (TPSA) is 61.9 Å². The molecule has 2 aromatic rings. The van der Waals surface area contributed by atoms with E-state index in [4.69, 9.17) is 17.0 Å². The molecule has 148 valence electrons. The van der Waals surface area contributed by atoms with Gasteiger partial charge in [0.25, 0.3) is 0 Å². The number of ketones is 1. The highest BCUT2D eigenvalue weighted by molar-refractivity contribution is 7.80. The van der Waals surface area contributed by atoms with Crippen molar-refractivity contribution in [1.82, 2.24) is 10.2 Å². The zero-order valence-corrected chi connectivity index (χ0v) is 17.4. The summed E-state index contributed by atoms with van der Waals surface area (Å²) in [7, 11) is 0. The quantitative estimate of drug-likeness (QED) is 0.440. The summed E-state index contributed by atoms with van der Waals surface area (Å²) in [6, 6.07) is 11.5. The number of nitrogens with zero attached hydrogens (tertiary/aromatic N) is 2. The maximum Gasteiger partial charge on any atom is 0.325 e. The van der Waals surface area contributed by atoms with Gasteiger partial charge in [0.05, 0.1) is 11.5 Å². The predicted molar refractivity (Wildman–Crippen MR) is 115 cm³/mol. The number of hydrogen-bond acceptors (Lipinski definition) is 6. The van der Waals surface area contributed by atoms with Gasteiger partial charge in [-0.2, -0.15) is 0 Å². The highest BCUT2D eigenvalue weighted by atomic mass is 32.1. The first kappa shape index (κ1) is 20.3. The first-order valence-electron chi connectivity index (χ1n) is 9.20. The van der Waals surface area contributed by atoms with Crippen LogP contribution in [0.5, 0.6) is 0 Å². The molecular formula is C20H23N3O3S2. The fraction of sp³-hybridized carbons (Fsp3) is 0.350. The monoisotopic (exact) mass is 417 g/mol. The van der Waals surface area contributed by atoms with Crippen LogP contribution in [0.15, 0.2) is 41.8 Å². The van der Waals surface area contributed by atoms with Crippen LogP contribution in [0.3, 0.4) is 0 Å². The normalized spacial score (nSPS) is 13.9. The van der Waals surface area contributed by atoms with Gasteiger partial charge in [0.2, 0.25) is 5.78 Å². The summed E-state index contributed by atoms with van der Waals surface area (Å²) in [6.07, 6.45) is 0. The number of carbonyl (C=O) groups excluding carboxylic acids is 2. The van der Waals surface area contributed by atoms with E-state index in [0.29, 0.717) is 17.3 Å². The molecule has 1 aromatic carbocycles. The van der Waals surface area contributed by atoms with Gasteiger partial charge < -0.3 is 19.9 Å². The zero-order chi connectivity index (χ0) is 19.9. The molecule has 0 atom stereocenters. The van der Waals surface area contributed by atoms with Gasteiger partial charge >= 0.3 is 5.97 Å². The molecule has 8 heteroatoms. The molecule has 1 N–H and O–H groups in total. The maximum atomic E-state index is 12.4. The number of benzene rings is 1. The van der Waals surface area contributed by atoms with Gasteiger partial charge in [-0.1, -0.05) is 6.07 Å². The number of nitrogens with one attached hydrogen (secondary N) is 1. The lowest BCUT2D eigenvalue weighted by Gasteiger charge is -2.37. The van der Waals surface area contributed by atoms with E-state index in [0.717, 1.165) is 36.7 Å². The molecule has 1 aliphatic heterocycles. The van der Waals surface area contributed by atoms with E-state index in [1.807, 2.05) is 41.8 Å². The van der Waals surface area contributed by atoms with Crippen LogP contribution in [0.25, 0.3) is 0 Å². The van der Waals surface area contributed by atoms with Crippen LogP contribution in [-0.2, 0) is 9.53 Å². The van der Waals surface area contributed by atoms with Gasteiger partial charge in [-0.3, -0.25) is 9.59 Å². The van der Waals surface area contributed by atoms with Crippen molar-refractivity contribution in [2.75, 3.05) is 44.2 Å². The second-order valence-corrected chi connectivity index (χ2v) is 7.63. The number of thiocarbonyl (C=S) groups is 1. The number of thiophene rings is 1. The molecule has 0 aliphatic carbocycles. The number of rotatable bonds is 6. The third kappa shape index (κ3) is 5.08. The molecule has 0 radical (unpaired) electrons. The molecule has 0 amide bonds. The Bertz CT molecular complexity index is 814. The fourth-order valence-electron chi connectivity index (χ4n) is 3.01. The maximum absolute atomic E-state index is 12.4. The number of hydrogen-bond donors (Lipinski definition) is 1. The van der Waals surface area contributed by atoms with Crippen molar-refractivity contribution in [3.8, 4) is 0 Å². The van der Waals surface area contributed by atoms with Crippen molar-refractivity contribution in [1.29, 1.82) is 0 Å². The average Bonchev–Trinajstić information content (AvgIpc) is 3.27. The van der Waals surface area contributed by atoms with E-state index in [1.54, 1.807) is 6.92 Å². The molecule has 6 nitrogen and oxygen atoms in total. The summed E-state index contributed by atoms with van der Waals surface area (Å²) >= 11 is 6.83. The van der Waals surface area contributed by atoms with Crippen molar-refractivity contribution in [3.63, 3.8) is 0 Å². The van der Waals surface area contributed by atoms with Gasteiger partial charge in [0, 0.05) is 37.4 Å². The Morgan fingerprint density at radius 2 is 1.86 bits per heavy atom. The van der Waals surface area contributed by atoms with Gasteiger partial charge in [-0.25, -0.2) is 0 Å². The molecule has 0 spiro atoms. The average molecular weight is 418 g/mol. The summed E-state index contributed by atoms with van der Waals surface area (Å²) in [4.78, 5) is 28.9. The third-order valence-electron chi connectivity index (χ3n) is 4.50. The van der Waals surface area contributed by atoms with E-state index in [1.165, 1.54) is 11.3 Å². The summed E-state index contributed by atoms with van der Waals surface area (Å²) in [5.74, 6) is -0.245. The minimum absolute atomic E-state index is 0.0596. The molecule has 28 heavy (non-hydrogen) atoms. The van der Waals surface area contributed by atoms with Crippen LogP contribution >= 0.6 is 23.6 Å². The second-order valence-electron chi connectivity index (χ2n) is 6.29. The van der Waals surface area contributed by atoms with Crippen molar-refractivity contribution in [3.05, 3.63) is 52.2 Å². The molecule has 0 unspecified atom stereocenters. The Labute approximate surface area is 174 Å². The van der Waals surface area contributed by atoms with Crippen LogP contribution in [0.1, 0.15) is 22.2 Å². The van der Waals surface area contributed by atoms with Crippen molar-refractivity contribution < 1.29 is 14.3 Å². The lowest BCUT2D eigenvalue weighted by Crippen LogP contribution is -2.52. The predicted octanol–water partition coefficient (Wildman–Crippen LogP) is 2.54. The largest absolute Gasteiger partial charge is 0.465 e. The smallest absolute Gasteiger partial charge is 0.325 e. The minimum atomic E-state index is -0.305. The molecule has 0 bridgehead atoms. The SMILES string of the molecule is CCOC(=O)CNC(=S)N1CCN(c2ccc(C(=O)c3cccs3)cc2)CC1. The molecule has 1 aliphatic rings. The number of ether oxygens (including phenoxy) is 1. The Kier molecular flexibility index (Phi) is 7.00. The van der Waals surface area contributed by atoms with E-state index < -0.39 is 0 Å². The summed E-state index contributed by atoms with van der Waals surface area (Å²) in [5, 5.41) is 5.44. The van der Waals surface area contributed by atoms with Crippen LogP contribution in [-0.4, -0.2) is 61.1 Å². The van der Waals surface area contributed by atoms with Gasteiger partial charge in [-0.15, -0.1) is 11.3 Å². The fourth-order valence-corrected chi connectivity index (χ4v) is 3.95. The van der Waals surface area contributed by atoms with E-state index >= 15 is 0 Å². The lowest BCUT2D eigenvalue weighted by molar-refractivity contribution is -0.141. The van der Waals surface area contributed by atoms with E-state index in [2.05, 4.69) is 15.1 Å². The van der Waals surface area contributed by atoms with Crippen molar-refractivity contribution >= 4 is 46.1 Å². The van der Waals surface area contributed by atoms with E-state index in [9.17, 15) is 9.59 Å². The summed E-state index contributed by atoms with van der Waals surface area (Å²) < 4.78 is 4.89. The molecule has 1 aromatic heterocycles. The van der Waals surface area contributed by atoms with E-state index in [-0.39, 0.29) is 18.3 Å². The number of piperazine rings is 1. The Morgan fingerprint density at radius 3 is 2.46 bits per heavy atom. The molecule has 1 saturated heterocycles. The van der Waals surface area contributed by atoms with Crippen LogP contribution in [0.4, 0.5) is 5.69 Å².